The molecule has 3 atom stereocenters. The molecule has 3 rings (SSSR count). The molecule has 0 aromatic heterocycles. The second-order valence-electron chi connectivity index (χ2n) is 8.55. The lowest BCUT2D eigenvalue weighted by Gasteiger charge is -2.37. The van der Waals surface area contributed by atoms with Crippen LogP contribution in [-0.2, 0) is 28.5 Å². The number of amides is 1. The standard InChI is InChI=1S/C28H36N2O8/c1-3-37-28-21(12-14-35-16-17-36-15-13-31)22(19-8-10-20(11-9-19)27(33)34-2)18-25(38-28)26(32)30-24-7-5-4-6-23(24)29/h4-11,18,21-22,28,31H,3,12-17,29H2,1-2H3,(H,30,32)/t21-,22+,28+/m1/s1. The number of nitrogen functional groups attached to an aromatic ring is 1. The zero-order chi connectivity index (χ0) is 27.3. The van der Waals surface area contributed by atoms with Crippen LogP contribution in [0.25, 0.3) is 0 Å². The molecule has 1 aliphatic rings. The Bertz CT molecular complexity index is 1070. The van der Waals surface area contributed by atoms with Gasteiger partial charge in [0.05, 0.1) is 50.5 Å². The lowest BCUT2D eigenvalue weighted by molar-refractivity contribution is -0.166. The number of methoxy groups -OCH3 is 1. The highest BCUT2D eigenvalue weighted by molar-refractivity contribution is 6.04. The molecule has 0 bridgehead atoms. The number of aliphatic hydroxyl groups is 1. The molecule has 1 heterocycles. The summed E-state index contributed by atoms with van der Waals surface area (Å²) in [7, 11) is 1.33. The number of ether oxygens (including phenoxy) is 5. The van der Waals surface area contributed by atoms with Crippen LogP contribution in [0, 0.1) is 5.92 Å². The molecule has 0 saturated carbocycles. The number of allylic oxidation sites excluding steroid dienone is 1. The topological polar surface area (TPSA) is 139 Å². The smallest absolute Gasteiger partial charge is 0.337 e. The average Bonchev–Trinajstić information content (AvgIpc) is 2.94. The maximum Gasteiger partial charge on any atom is 0.337 e. The third-order valence-electron chi connectivity index (χ3n) is 6.07. The van der Waals surface area contributed by atoms with Gasteiger partial charge in [0.15, 0.2) is 5.76 Å². The van der Waals surface area contributed by atoms with Crippen LogP contribution in [0.15, 0.2) is 60.4 Å². The van der Waals surface area contributed by atoms with E-state index in [2.05, 4.69) is 5.32 Å². The molecule has 0 spiro atoms. The van der Waals surface area contributed by atoms with Crippen molar-refractivity contribution in [3.05, 3.63) is 71.5 Å². The number of hydrogen-bond donors (Lipinski definition) is 3. The predicted octanol–water partition coefficient (Wildman–Crippen LogP) is 3.09. The number of benzene rings is 2. The van der Waals surface area contributed by atoms with Crippen LogP contribution in [0.2, 0.25) is 0 Å². The lowest BCUT2D eigenvalue weighted by atomic mass is 9.81. The number of nitrogens with two attached hydrogens (primary N) is 1. The Balaban J connectivity index is 1.85. The van der Waals surface area contributed by atoms with Crippen molar-refractivity contribution in [3.63, 3.8) is 0 Å². The maximum atomic E-state index is 13.2. The van der Waals surface area contributed by atoms with E-state index in [1.807, 2.05) is 19.1 Å². The summed E-state index contributed by atoms with van der Waals surface area (Å²) < 4.78 is 27.8. The van der Waals surface area contributed by atoms with Crippen LogP contribution in [0.1, 0.15) is 35.2 Å². The van der Waals surface area contributed by atoms with Gasteiger partial charge >= 0.3 is 5.97 Å². The summed E-state index contributed by atoms with van der Waals surface area (Å²) >= 11 is 0. The Morgan fingerprint density at radius 3 is 2.39 bits per heavy atom. The Kier molecular flexibility index (Phi) is 11.6. The van der Waals surface area contributed by atoms with Crippen molar-refractivity contribution in [1.82, 2.24) is 0 Å². The minimum absolute atomic E-state index is 0.0367. The molecule has 0 unspecified atom stereocenters. The molecule has 10 nitrogen and oxygen atoms in total. The zero-order valence-electron chi connectivity index (χ0n) is 21.8. The Morgan fingerprint density at radius 1 is 1.03 bits per heavy atom. The number of rotatable bonds is 14. The van der Waals surface area contributed by atoms with Gasteiger partial charge in [0.1, 0.15) is 0 Å². The molecule has 2 aromatic carbocycles. The third-order valence-corrected chi connectivity index (χ3v) is 6.07. The normalized spacial score (nSPS) is 18.8. The summed E-state index contributed by atoms with van der Waals surface area (Å²) in [6.07, 6.45) is 1.63. The summed E-state index contributed by atoms with van der Waals surface area (Å²) in [6, 6.07) is 14.0. The second-order valence-corrected chi connectivity index (χ2v) is 8.55. The minimum atomic E-state index is -0.710. The quantitative estimate of drug-likeness (QED) is 0.192. The van der Waals surface area contributed by atoms with Gasteiger partial charge in [-0.25, -0.2) is 4.79 Å². The average molecular weight is 529 g/mol. The van der Waals surface area contributed by atoms with E-state index in [1.54, 1.807) is 42.5 Å². The first-order valence-electron chi connectivity index (χ1n) is 12.6. The Labute approximate surface area is 222 Å². The van der Waals surface area contributed by atoms with Crippen molar-refractivity contribution >= 4 is 23.3 Å². The number of nitrogens with one attached hydrogen (secondary N) is 1. The highest BCUT2D eigenvalue weighted by Gasteiger charge is 2.38. The monoisotopic (exact) mass is 528 g/mol. The van der Waals surface area contributed by atoms with Gasteiger partial charge in [-0.15, -0.1) is 0 Å². The zero-order valence-corrected chi connectivity index (χ0v) is 21.8. The van der Waals surface area contributed by atoms with Gasteiger partial charge in [-0.2, -0.15) is 0 Å². The van der Waals surface area contributed by atoms with Crippen molar-refractivity contribution in [1.29, 1.82) is 0 Å². The minimum Gasteiger partial charge on any atom is -0.465 e. The van der Waals surface area contributed by atoms with Crippen molar-refractivity contribution < 1.29 is 38.4 Å². The number of esters is 1. The Morgan fingerprint density at radius 2 is 1.74 bits per heavy atom. The first-order chi connectivity index (χ1) is 18.5. The number of anilines is 2. The van der Waals surface area contributed by atoms with Gasteiger partial charge in [-0.1, -0.05) is 24.3 Å². The summed E-state index contributed by atoms with van der Waals surface area (Å²) in [5, 5.41) is 11.6. The van der Waals surface area contributed by atoms with Gasteiger partial charge in [0.2, 0.25) is 6.29 Å². The summed E-state index contributed by atoms with van der Waals surface area (Å²) in [4.78, 5) is 25.1. The van der Waals surface area contributed by atoms with Gasteiger partial charge in [-0.05, 0) is 49.2 Å². The van der Waals surface area contributed by atoms with Gasteiger partial charge in [0, 0.05) is 25.0 Å². The van der Waals surface area contributed by atoms with E-state index in [4.69, 9.17) is 34.5 Å². The summed E-state index contributed by atoms with van der Waals surface area (Å²) in [5.41, 5.74) is 8.22. The van der Waals surface area contributed by atoms with Crippen LogP contribution in [0.5, 0.6) is 0 Å². The lowest BCUT2D eigenvalue weighted by Crippen LogP contribution is -2.38. The molecule has 206 valence electrons. The fraction of sp³-hybridized carbons (Fsp3) is 0.429. The molecule has 10 heteroatoms. The van der Waals surface area contributed by atoms with Crippen molar-refractivity contribution in [3.8, 4) is 0 Å². The number of aliphatic hydroxyl groups excluding tert-OH is 1. The fourth-order valence-corrected chi connectivity index (χ4v) is 4.18. The highest BCUT2D eigenvalue weighted by atomic mass is 16.7. The number of carbonyl (C=O) groups is 2. The van der Waals surface area contributed by atoms with Crippen molar-refractivity contribution in [2.45, 2.75) is 25.6 Å². The number of hydrogen-bond acceptors (Lipinski definition) is 9. The highest BCUT2D eigenvalue weighted by Crippen LogP contribution is 2.39. The summed E-state index contributed by atoms with van der Waals surface area (Å²) in [5.74, 6) is -1.21. The molecule has 0 aliphatic carbocycles. The van der Waals surface area contributed by atoms with Crippen molar-refractivity contribution in [2.75, 3.05) is 57.8 Å². The molecule has 0 saturated heterocycles. The van der Waals surface area contributed by atoms with E-state index in [9.17, 15) is 9.59 Å². The number of carbonyl (C=O) groups excluding carboxylic acids is 2. The van der Waals surface area contributed by atoms with Gasteiger partial charge in [-0.3, -0.25) is 4.79 Å². The van der Waals surface area contributed by atoms with E-state index >= 15 is 0 Å². The molecule has 1 aliphatic heterocycles. The molecule has 0 fully saturated rings. The molecular formula is C28H36N2O8. The number of para-hydroxylation sites is 2. The Hall–Kier alpha value is -3.44. The third kappa shape index (κ3) is 8.03. The molecule has 38 heavy (non-hydrogen) atoms. The van der Waals surface area contributed by atoms with E-state index in [1.165, 1.54) is 7.11 Å². The molecule has 1 amide bonds. The predicted molar refractivity (Wildman–Crippen MR) is 141 cm³/mol. The van der Waals surface area contributed by atoms with Gasteiger partial charge in [0.25, 0.3) is 5.91 Å². The SMILES string of the molecule is CCO[C@H]1OC(C(=O)Nc2ccccc2N)=C[C@@H](c2ccc(C(=O)OC)cc2)[C@H]1CCOCCOCCO. The van der Waals surface area contributed by atoms with Crippen LogP contribution in [0.3, 0.4) is 0 Å². The van der Waals surface area contributed by atoms with Crippen LogP contribution in [0.4, 0.5) is 11.4 Å². The van der Waals surface area contributed by atoms with Crippen LogP contribution in [-0.4, -0.2) is 70.0 Å². The van der Waals surface area contributed by atoms with Crippen molar-refractivity contribution in [2.24, 2.45) is 5.92 Å². The molecule has 0 radical (unpaired) electrons. The van der Waals surface area contributed by atoms with Crippen LogP contribution >= 0.6 is 0 Å². The first kappa shape index (κ1) is 29.1. The van der Waals surface area contributed by atoms with E-state index in [-0.39, 0.29) is 30.8 Å². The second kappa shape index (κ2) is 15.1. The fourth-order valence-electron chi connectivity index (χ4n) is 4.18. The summed E-state index contributed by atoms with van der Waals surface area (Å²) in [6.45, 7) is 3.64. The van der Waals surface area contributed by atoms with Crippen LogP contribution < -0.4 is 11.1 Å². The maximum absolute atomic E-state index is 13.2. The molecule has 4 N–H and O–H groups in total. The molecule has 2 aromatic rings. The first-order valence-corrected chi connectivity index (χ1v) is 12.6. The molecular weight excluding hydrogens is 492 g/mol. The van der Waals surface area contributed by atoms with E-state index in [0.29, 0.717) is 49.8 Å². The van der Waals surface area contributed by atoms with E-state index < -0.39 is 18.2 Å². The van der Waals surface area contributed by atoms with Gasteiger partial charge < -0.3 is 39.8 Å². The van der Waals surface area contributed by atoms with E-state index in [0.717, 1.165) is 5.56 Å². The largest absolute Gasteiger partial charge is 0.465 e.